The van der Waals surface area contributed by atoms with Crippen LogP contribution in [0.4, 0.5) is 0 Å². The Labute approximate surface area is 137 Å². The highest BCUT2D eigenvalue weighted by atomic mass is 16.5. The number of nitrogens with zero attached hydrogens (tertiary/aromatic N) is 1. The van der Waals surface area contributed by atoms with Gasteiger partial charge in [0.25, 0.3) is 0 Å². The highest BCUT2D eigenvalue weighted by Crippen LogP contribution is 2.18. The maximum absolute atomic E-state index is 12.4. The van der Waals surface area contributed by atoms with Crippen LogP contribution in [0, 0.1) is 13.8 Å². The molecule has 0 radical (unpaired) electrons. The highest BCUT2D eigenvalue weighted by Gasteiger charge is 2.15. The number of carbonyl (C=O) groups excluding carboxylic acids is 2. The van der Waals surface area contributed by atoms with E-state index < -0.39 is 0 Å². The zero-order valence-electron chi connectivity index (χ0n) is 14.2. The van der Waals surface area contributed by atoms with Gasteiger partial charge in [0.05, 0.1) is 0 Å². The van der Waals surface area contributed by atoms with Crippen molar-refractivity contribution in [3.8, 4) is 5.75 Å². The van der Waals surface area contributed by atoms with Crippen molar-refractivity contribution in [1.29, 1.82) is 0 Å². The second-order valence-electron chi connectivity index (χ2n) is 5.73. The molecule has 0 saturated heterocycles. The van der Waals surface area contributed by atoms with Crippen LogP contribution in [-0.2, 0) is 6.54 Å². The van der Waals surface area contributed by atoms with E-state index in [9.17, 15) is 9.59 Å². The summed E-state index contributed by atoms with van der Waals surface area (Å²) in [5.74, 6) is 0.567. The molecule has 2 aromatic rings. The molecule has 0 unspecified atom stereocenters. The van der Waals surface area contributed by atoms with Crippen molar-refractivity contribution in [2.75, 3.05) is 6.61 Å². The van der Waals surface area contributed by atoms with Crippen LogP contribution in [0.1, 0.15) is 52.4 Å². The SMILES string of the molecule is CCCn1c(C)cc(C(=O)COc2ccc(C(C)=O)cc2)c1C. The van der Waals surface area contributed by atoms with Gasteiger partial charge >= 0.3 is 0 Å². The number of rotatable bonds is 7. The second-order valence-corrected chi connectivity index (χ2v) is 5.73. The number of aryl methyl sites for hydroxylation is 1. The predicted octanol–water partition coefficient (Wildman–Crippen LogP) is 3.98. The Bertz CT molecular complexity index is 711. The number of hydrogen-bond acceptors (Lipinski definition) is 3. The number of hydrogen-bond donors (Lipinski definition) is 0. The van der Waals surface area contributed by atoms with E-state index in [4.69, 9.17) is 4.74 Å². The Morgan fingerprint density at radius 1 is 1.13 bits per heavy atom. The Morgan fingerprint density at radius 2 is 1.78 bits per heavy atom. The van der Waals surface area contributed by atoms with Crippen LogP contribution in [0.5, 0.6) is 5.75 Å². The first-order chi connectivity index (χ1) is 10.9. The number of carbonyl (C=O) groups is 2. The van der Waals surface area contributed by atoms with Gasteiger partial charge in [0, 0.05) is 29.1 Å². The summed E-state index contributed by atoms with van der Waals surface area (Å²) >= 11 is 0. The van der Waals surface area contributed by atoms with E-state index in [0.717, 1.165) is 29.9 Å². The van der Waals surface area contributed by atoms with Crippen molar-refractivity contribution >= 4 is 11.6 Å². The van der Waals surface area contributed by atoms with Crippen LogP contribution < -0.4 is 4.74 Å². The average molecular weight is 313 g/mol. The van der Waals surface area contributed by atoms with E-state index in [1.807, 2.05) is 19.9 Å². The van der Waals surface area contributed by atoms with Crippen molar-refractivity contribution in [2.45, 2.75) is 40.7 Å². The predicted molar refractivity (Wildman–Crippen MR) is 90.5 cm³/mol. The third kappa shape index (κ3) is 3.89. The van der Waals surface area contributed by atoms with Crippen LogP contribution in [0.3, 0.4) is 0 Å². The summed E-state index contributed by atoms with van der Waals surface area (Å²) < 4.78 is 7.71. The molecule has 0 fully saturated rings. The third-order valence-corrected chi connectivity index (χ3v) is 3.95. The molecule has 1 aromatic heterocycles. The number of aromatic nitrogens is 1. The molecule has 0 spiro atoms. The molecule has 0 N–H and O–H groups in total. The quantitative estimate of drug-likeness (QED) is 0.726. The summed E-state index contributed by atoms with van der Waals surface area (Å²) in [7, 11) is 0. The zero-order chi connectivity index (χ0) is 17.0. The van der Waals surface area contributed by atoms with Crippen molar-refractivity contribution in [2.24, 2.45) is 0 Å². The molecule has 0 aliphatic rings. The van der Waals surface area contributed by atoms with Gasteiger partial charge in [0.1, 0.15) is 5.75 Å². The number of ether oxygens (including phenoxy) is 1. The van der Waals surface area contributed by atoms with Gasteiger partial charge in [-0.3, -0.25) is 9.59 Å². The smallest absolute Gasteiger partial charge is 0.202 e. The summed E-state index contributed by atoms with van der Waals surface area (Å²) in [4.78, 5) is 23.6. The molecule has 0 bridgehead atoms. The summed E-state index contributed by atoms with van der Waals surface area (Å²) in [6, 6.07) is 8.76. The Hall–Kier alpha value is -2.36. The van der Waals surface area contributed by atoms with Gasteiger partial charge in [0.15, 0.2) is 12.4 Å². The summed E-state index contributed by atoms with van der Waals surface area (Å²) in [5.41, 5.74) is 3.44. The van der Waals surface area contributed by atoms with Crippen LogP contribution in [-0.4, -0.2) is 22.7 Å². The molecule has 1 aromatic carbocycles. The number of ketones is 2. The summed E-state index contributed by atoms with van der Waals surface area (Å²) in [6.07, 6.45) is 1.03. The fraction of sp³-hybridized carbons (Fsp3) is 0.368. The average Bonchev–Trinajstić information content (AvgIpc) is 2.81. The Kier molecular flexibility index (Phi) is 5.37. The maximum Gasteiger partial charge on any atom is 0.202 e. The molecule has 23 heavy (non-hydrogen) atoms. The Morgan fingerprint density at radius 3 is 2.35 bits per heavy atom. The first-order valence-corrected chi connectivity index (χ1v) is 7.87. The molecule has 0 amide bonds. The van der Waals surface area contributed by atoms with Gasteiger partial charge in [-0.25, -0.2) is 0 Å². The molecule has 4 heteroatoms. The van der Waals surface area contributed by atoms with E-state index in [-0.39, 0.29) is 18.2 Å². The summed E-state index contributed by atoms with van der Waals surface area (Å²) in [6.45, 7) is 8.53. The molecular weight excluding hydrogens is 290 g/mol. The van der Waals surface area contributed by atoms with Gasteiger partial charge in [-0.15, -0.1) is 0 Å². The highest BCUT2D eigenvalue weighted by molar-refractivity contribution is 5.98. The van der Waals surface area contributed by atoms with Crippen LogP contribution >= 0.6 is 0 Å². The first-order valence-electron chi connectivity index (χ1n) is 7.87. The largest absolute Gasteiger partial charge is 0.485 e. The Balaban J connectivity index is 2.05. The van der Waals surface area contributed by atoms with Crippen LogP contribution in [0.2, 0.25) is 0 Å². The summed E-state index contributed by atoms with van der Waals surface area (Å²) in [5, 5.41) is 0. The molecule has 2 rings (SSSR count). The fourth-order valence-electron chi connectivity index (χ4n) is 2.66. The van der Waals surface area contributed by atoms with E-state index in [1.165, 1.54) is 6.92 Å². The van der Waals surface area contributed by atoms with Crippen molar-refractivity contribution < 1.29 is 14.3 Å². The second kappa shape index (κ2) is 7.27. The minimum Gasteiger partial charge on any atom is -0.485 e. The third-order valence-electron chi connectivity index (χ3n) is 3.95. The molecular formula is C19H23NO3. The molecule has 0 aliphatic carbocycles. The molecule has 0 aliphatic heterocycles. The lowest BCUT2D eigenvalue weighted by Crippen LogP contribution is -2.13. The van der Waals surface area contributed by atoms with Crippen LogP contribution in [0.15, 0.2) is 30.3 Å². The van der Waals surface area contributed by atoms with Gasteiger partial charge in [-0.2, -0.15) is 0 Å². The molecule has 0 atom stereocenters. The van der Waals surface area contributed by atoms with Gasteiger partial charge in [-0.05, 0) is 57.5 Å². The number of Topliss-reactive ketones (excluding diaryl/α,β-unsaturated/α-hetero) is 2. The standard InChI is InChI=1S/C19H23NO3/c1-5-10-20-13(2)11-18(14(20)3)19(22)12-23-17-8-6-16(7-9-17)15(4)21/h6-9,11H,5,10,12H2,1-4H3. The minimum atomic E-state index is -0.0314. The van der Waals surface area contributed by atoms with E-state index in [2.05, 4.69) is 11.5 Å². The lowest BCUT2D eigenvalue weighted by Gasteiger charge is -2.08. The normalized spacial score (nSPS) is 10.6. The van der Waals surface area contributed by atoms with Crippen molar-refractivity contribution in [3.63, 3.8) is 0 Å². The minimum absolute atomic E-state index is 0.00413. The fourth-order valence-corrected chi connectivity index (χ4v) is 2.66. The lowest BCUT2D eigenvalue weighted by atomic mass is 10.1. The van der Waals surface area contributed by atoms with E-state index >= 15 is 0 Å². The van der Waals surface area contributed by atoms with E-state index in [0.29, 0.717) is 11.3 Å². The topological polar surface area (TPSA) is 48.3 Å². The maximum atomic E-state index is 12.4. The van der Waals surface area contributed by atoms with Crippen LogP contribution in [0.25, 0.3) is 0 Å². The monoisotopic (exact) mass is 313 g/mol. The lowest BCUT2D eigenvalue weighted by molar-refractivity contribution is 0.0919. The molecule has 4 nitrogen and oxygen atoms in total. The molecule has 1 heterocycles. The van der Waals surface area contributed by atoms with Gasteiger partial charge in [0.2, 0.25) is 5.78 Å². The first kappa shape index (κ1) is 17.0. The molecule has 0 saturated carbocycles. The van der Waals surface area contributed by atoms with Crippen molar-refractivity contribution in [1.82, 2.24) is 4.57 Å². The van der Waals surface area contributed by atoms with Gasteiger partial charge < -0.3 is 9.30 Å². The zero-order valence-corrected chi connectivity index (χ0v) is 14.2. The van der Waals surface area contributed by atoms with Crippen molar-refractivity contribution in [3.05, 3.63) is 52.8 Å². The van der Waals surface area contributed by atoms with E-state index in [1.54, 1.807) is 24.3 Å². The molecule has 122 valence electrons. The van der Waals surface area contributed by atoms with Gasteiger partial charge in [-0.1, -0.05) is 6.92 Å². The number of benzene rings is 1.